The van der Waals surface area contributed by atoms with E-state index >= 15 is 0 Å². The molecule has 0 fully saturated rings. The monoisotopic (exact) mass is 325 g/mol. The molecule has 0 bridgehead atoms. The molecule has 1 aromatic carbocycles. The summed E-state index contributed by atoms with van der Waals surface area (Å²) in [5.74, 6) is 0. The first-order chi connectivity index (χ1) is 9.65. The van der Waals surface area contributed by atoms with E-state index in [9.17, 15) is 0 Å². The van der Waals surface area contributed by atoms with Crippen molar-refractivity contribution < 1.29 is 0 Å². The van der Waals surface area contributed by atoms with Gasteiger partial charge in [-0.2, -0.15) is 0 Å². The predicted octanol–water partition coefficient (Wildman–Crippen LogP) is 3.55. The van der Waals surface area contributed by atoms with Crippen molar-refractivity contribution in [3.63, 3.8) is 0 Å². The maximum Gasteiger partial charge on any atom is 0.166 e. The van der Waals surface area contributed by atoms with Crippen molar-refractivity contribution in [3.8, 4) is 0 Å². The number of nitrogens with one attached hydrogen (secondary N) is 2. The lowest BCUT2D eigenvalue weighted by molar-refractivity contribution is 0.816. The number of halogens is 2. The molecule has 0 spiro atoms. The van der Waals surface area contributed by atoms with Gasteiger partial charge in [0, 0.05) is 12.7 Å². The molecule has 104 valence electrons. The maximum absolute atomic E-state index is 5.95. The normalized spacial score (nSPS) is 10.1. The van der Waals surface area contributed by atoms with Gasteiger partial charge in [0.1, 0.15) is 0 Å². The summed E-state index contributed by atoms with van der Waals surface area (Å²) >= 11 is 17.0. The highest BCUT2D eigenvalue weighted by atomic mass is 35.5. The number of rotatable bonds is 4. The van der Waals surface area contributed by atoms with Crippen LogP contribution in [-0.4, -0.2) is 10.1 Å². The van der Waals surface area contributed by atoms with Gasteiger partial charge in [0.2, 0.25) is 0 Å². The van der Waals surface area contributed by atoms with Gasteiger partial charge in [0.05, 0.1) is 22.3 Å². The summed E-state index contributed by atoms with van der Waals surface area (Å²) in [4.78, 5) is 4.21. The van der Waals surface area contributed by atoms with E-state index in [2.05, 4.69) is 15.6 Å². The summed E-state index contributed by atoms with van der Waals surface area (Å²) in [6.07, 6.45) is 1.75. The molecule has 0 aliphatic heterocycles. The number of hydrogen-bond acceptors (Lipinski definition) is 2. The average Bonchev–Trinajstić information content (AvgIpc) is 2.47. The number of benzene rings is 1. The Balaban J connectivity index is 1.79. The zero-order valence-electron chi connectivity index (χ0n) is 10.6. The number of thiocarbonyl (C=S) groups is 1. The second kappa shape index (κ2) is 7.43. The minimum Gasteiger partial charge on any atom is -0.359 e. The summed E-state index contributed by atoms with van der Waals surface area (Å²) in [6.45, 7) is 1.18. The summed E-state index contributed by atoms with van der Waals surface area (Å²) in [5.41, 5.74) is 1.95. The van der Waals surface area contributed by atoms with E-state index in [0.717, 1.165) is 11.3 Å². The Kier molecular flexibility index (Phi) is 5.59. The number of nitrogens with zero attached hydrogens (tertiary/aromatic N) is 1. The van der Waals surface area contributed by atoms with Crippen LogP contribution < -0.4 is 10.6 Å². The lowest BCUT2D eigenvalue weighted by atomic mass is 10.2. The minimum atomic E-state index is 0.540. The van der Waals surface area contributed by atoms with Crippen molar-refractivity contribution >= 4 is 40.5 Å². The zero-order chi connectivity index (χ0) is 14.4. The molecule has 0 aliphatic carbocycles. The van der Waals surface area contributed by atoms with E-state index in [4.69, 9.17) is 35.4 Å². The van der Waals surface area contributed by atoms with Crippen LogP contribution in [0.25, 0.3) is 0 Å². The van der Waals surface area contributed by atoms with Gasteiger partial charge in [-0.3, -0.25) is 4.98 Å². The SMILES string of the molecule is S=C(NCc1ccc(Cl)c(Cl)c1)NCc1ccccn1. The van der Waals surface area contributed by atoms with Gasteiger partial charge in [-0.1, -0.05) is 35.3 Å². The van der Waals surface area contributed by atoms with Crippen molar-refractivity contribution in [2.75, 3.05) is 0 Å². The van der Waals surface area contributed by atoms with Gasteiger partial charge < -0.3 is 10.6 Å². The Labute approximate surface area is 133 Å². The third-order valence-electron chi connectivity index (χ3n) is 2.59. The molecule has 2 N–H and O–H groups in total. The van der Waals surface area contributed by atoms with Crippen LogP contribution in [0.5, 0.6) is 0 Å². The van der Waals surface area contributed by atoms with Crippen LogP contribution >= 0.6 is 35.4 Å². The van der Waals surface area contributed by atoms with Crippen LogP contribution in [-0.2, 0) is 13.1 Å². The van der Waals surface area contributed by atoms with Crippen LogP contribution in [0.15, 0.2) is 42.6 Å². The molecule has 20 heavy (non-hydrogen) atoms. The molecule has 6 heteroatoms. The fourth-order valence-electron chi connectivity index (χ4n) is 1.57. The molecule has 0 amide bonds. The first-order valence-corrected chi connectivity index (χ1v) is 7.17. The molecular weight excluding hydrogens is 313 g/mol. The molecule has 0 radical (unpaired) electrons. The largest absolute Gasteiger partial charge is 0.359 e. The average molecular weight is 326 g/mol. The molecule has 2 aromatic rings. The van der Waals surface area contributed by atoms with Gasteiger partial charge >= 0.3 is 0 Å². The van der Waals surface area contributed by atoms with Crippen LogP contribution in [0.4, 0.5) is 0 Å². The third kappa shape index (κ3) is 4.63. The Hall–Kier alpha value is -1.36. The Morgan fingerprint density at radius 3 is 2.55 bits per heavy atom. The van der Waals surface area contributed by atoms with Crippen LogP contribution in [0.1, 0.15) is 11.3 Å². The lowest BCUT2D eigenvalue weighted by Crippen LogP contribution is -2.34. The molecule has 3 nitrogen and oxygen atoms in total. The van der Waals surface area contributed by atoms with E-state index in [-0.39, 0.29) is 0 Å². The summed E-state index contributed by atoms with van der Waals surface area (Å²) in [5, 5.41) is 7.86. The van der Waals surface area contributed by atoms with Crippen molar-refractivity contribution in [2.24, 2.45) is 0 Å². The van der Waals surface area contributed by atoms with Gasteiger partial charge in [-0.25, -0.2) is 0 Å². The maximum atomic E-state index is 5.95. The highest BCUT2D eigenvalue weighted by Gasteiger charge is 2.01. The Morgan fingerprint density at radius 1 is 1.05 bits per heavy atom. The van der Waals surface area contributed by atoms with E-state index < -0.39 is 0 Å². The summed E-state index contributed by atoms with van der Waals surface area (Å²) in [7, 11) is 0. The number of aromatic nitrogens is 1. The topological polar surface area (TPSA) is 37.0 Å². The number of hydrogen-bond donors (Lipinski definition) is 2. The van der Waals surface area contributed by atoms with Crippen LogP contribution in [0, 0.1) is 0 Å². The second-order valence-electron chi connectivity index (χ2n) is 4.11. The molecule has 0 unspecified atom stereocenters. The highest BCUT2D eigenvalue weighted by molar-refractivity contribution is 7.80. The van der Waals surface area contributed by atoms with E-state index in [1.807, 2.05) is 30.3 Å². The van der Waals surface area contributed by atoms with E-state index in [1.54, 1.807) is 12.3 Å². The fraction of sp³-hybridized carbons (Fsp3) is 0.143. The Bertz CT molecular complexity index is 590. The van der Waals surface area contributed by atoms with Crippen molar-refractivity contribution in [3.05, 3.63) is 63.9 Å². The summed E-state index contributed by atoms with van der Waals surface area (Å²) < 4.78 is 0. The lowest BCUT2D eigenvalue weighted by Gasteiger charge is -2.10. The smallest absolute Gasteiger partial charge is 0.166 e. The molecule has 1 heterocycles. The van der Waals surface area contributed by atoms with Crippen LogP contribution in [0.3, 0.4) is 0 Å². The molecule has 0 aliphatic rings. The molecular formula is C14H13Cl2N3S. The van der Waals surface area contributed by atoms with Gasteiger partial charge in [0.25, 0.3) is 0 Å². The first kappa shape index (κ1) is 15.0. The van der Waals surface area contributed by atoms with Gasteiger partial charge in [-0.15, -0.1) is 0 Å². The van der Waals surface area contributed by atoms with E-state index in [1.165, 1.54) is 0 Å². The third-order valence-corrected chi connectivity index (χ3v) is 3.62. The van der Waals surface area contributed by atoms with Crippen LogP contribution in [0.2, 0.25) is 10.0 Å². The number of pyridine rings is 1. The minimum absolute atomic E-state index is 0.540. The predicted molar refractivity (Wildman–Crippen MR) is 87.0 cm³/mol. The molecule has 2 rings (SSSR count). The summed E-state index contributed by atoms with van der Waals surface area (Å²) in [6, 6.07) is 11.3. The fourth-order valence-corrected chi connectivity index (χ4v) is 2.03. The zero-order valence-corrected chi connectivity index (χ0v) is 12.9. The molecule has 0 saturated carbocycles. The molecule has 0 saturated heterocycles. The molecule has 1 aromatic heterocycles. The van der Waals surface area contributed by atoms with Crippen molar-refractivity contribution in [1.82, 2.24) is 15.6 Å². The second-order valence-corrected chi connectivity index (χ2v) is 5.33. The van der Waals surface area contributed by atoms with Crippen molar-refractivity contribution in [1.29, 1.82) is 0 Å². The van der Waals surface area contributed by atoms with E-state index in [0.29, 0.717) is 28.2 Å². The van der Waals surface area contributed by atoms with Gasteiger partial charge in [-0.05, 0) is 42.0 Å². The molecule has 0 atom stereocenters. The van der Waals surface area contributed by atoms with Gasteiger partial charge in [0.15, 0.2) is 5.11 Å². The van der Waals surface area contributed by atoms with Crippen molar-refractivity contribution in [2.45, 2.75) is 13.1 Å². The Morgan fingerprint density at radius 2 is 1.85 bits per heavy atom. The highest BCUT2D eigenvalue weighted by Crippen LogP contribution is 2.22. The quantitative estimate of drug-likeness (QED) is 0.843. The standard InChI is InChI=1S/C14H13Cl2N3S/c15-12-5-4-10(7-13(12)16)8-18-14(20)19-9-11-3-1-2-6-17-11/h1-7H,8-9H2,(H2,18,19,20). The first-order valence-electron chi connectivity index (χ1n) is 6.00.